The highest BCUT2D eigenvalue weighted by atomic mass is 79.9. The van der Waals surface area contributed by atoms with Crippen LogP contribution < -0.4 is 9.04 Å². The van der Waals surface area contributed by atoms with Gasteiger partial charge in [-0.15, -0.1) is 0 Å². The van der Waals surface area contributed by atoms with Crippen LogP contribution >= 0.6 is 15.9 Å². The minimum absolute atomic E-state index is 0.0876. The standard InChI is InChI=1S/C23H25BrN4O7S/c1-15-5-4-6-18(11-15)36(31,32)28-14-17(35-20-8-7-16(24)12-19(20)28)13-23(21(29)33-2,22(30)34-3)9-10-26-27-25/h4-8,11-12,17H,9-10,13-14H2,1-3H3/t17-/m0/s1. The fourth-order valence-corrected chi connectivity index (χ4v) is 6.10. The van der Waals surface area contributed by atoms with Crippen LogP contribution in [-0.2, 0) is 29.1 Å². The van der Waals surface area contributed by atoms with E-state index in [2.05, 4.69) is 26.0 Å². The molecule has 0 fully saturated rings. The van der Waals surface area contributed by atoms with E-state index in [-0.39, 0.29) is 36.6 Å². The third kappa shape index (κ3) is 5.43. The molecule has 2 aromatic carbocycles. The molecule has 0 spiro atoms. The zero-order valence-corrected chi connectivity index (χ0v) is 22.3. The Labute approximate surface area is 217 Å². The van der Waals surface area contributed by atoms with Gasteiger partial charge < -0.3 is 14.2 Å². The summed E-state index contributed by atoms with van der Waals surface area (Å²) in [5.41, 5.74) is 7.87. The summed E-state index contributed by atoms with van der Waals surface area (Å²) in [5.74, 6) is -1.55. The molecule has 11 nitrogen and oxygen atoms in total. The van der Waals surface area contributed by atoms with Crippen molar-refractivity contribution in [1.82, 2.24) is 0 Å². The second-order valence-electron chi connectivity index (χ2n) is 8.18. The largest absolute Gasteiger partial charge is 0.486 e. The molecular weight excluding hydrogens is 556 g/mol. The van der Waals surface area contributed by atoms with E-state index in [9.17, 15) is 18.0 Å². The normalized spacial score (nSPS) is 15.2. The lowest BCUT2D eigenvalue weighted by Crippen LogP contribution is -2.50. The smallest absolute Gasteiger partial charge is 0.323 e. The number of hydrogen-bond donors (Lipinski definition) is 0. The van der Waals surface area contributed by atoms with E-state index in [1.165, 1.54) is 10.4 Å². The first-order valence-electron chi connectivity index (χ1n) is 10.8. The van der Waals surface area contributed by atoms with Crippen molar-refractivity contribution in [1.29, 1.82) is 0 Å². The number of esters is 2. The number of carbonyl (C=O) groups excluding carboxylic acids is 2. The zero-order valence-electron chi connectivity index (χ0n) is 19.9. The van der Waals surface area contributed by atoms with Gasteiger partial charge in [0.05, 0.1) is 31.3 Å². The predicted molar refractivity (Wildman–Crippen MR) is 134 cm³/mol. The first-order chi connectivity index (χ1) is 17.1. The van der Waals surface area contributed by atoms with E-state index < -0.39 is 33.5 Å². The molecule has 36 heavy (non-hydrogen) atoms. The molecule has 1 atom stereocenters. The maximum Gasteiger partial charge on any atom is 0.323 e. The Morgan fingerprint density at radius 3 is 2.53 bits per heavy atom. The number of fused-ring (bicyclic) bond motifs is 1. The van der Waals surface area contributed by atoms with Gasteiger partial charge in [0, 0.05) is 22.4 Å². The number of azide groups is 1. The quantitative estimate of drug-likeness (QED) is 0.142. The number of sulfonamides is 1. The Bertz CT molecular complexity index is 1300. The predicted octanol–water partition coefficient (Wildman–Crippen LogP) is 4.14. The number of carbonyl (C=O) groups is 2. The molecule has 0 unspecified atom stereocenters. The lowest BCUT2D eigenvalue weighted by molar-refractivity contribution is -0.171. The van der Waals surface area contributed by atoms with Gasteiger partial charge in [-0.1, -0.05) is 33.2 Å². The number of aryl methyl sites for hydroxylation is 1. The molecule has 0 aliphatic carbocycles. The van der Waals surface area contributed by atoms with Gasteiger partial charge in [-0.25, -0.2) is 8.42 Å². The summed E-state index contributed by atoms with van der Waals surface area (Å²) in [4.78, 5) is 28.5. The minimum Gasteiger partial charge on any atom is -0.486 e. The number of hydrogen-bond acceptors (Lipinski definition) is 8. The van der Waals surface area contributed by atoms with Gasteiger partial charge in [0.15, 0.2) is 5.41 Å². The fraction of sp³-hybridized carbons (Fsp3) is 0.391. The number of nitrogens with zero attached hydrogens (tertiary/aromatic N) is 4. The van der Waals surface area contributed by atoms with Crippen LogP contribution in [0.1, 0.15) is 18.4 Å². The van der Waals surface area contributed by atoms with Crippen LogP contribution in [0.5, 0.6) is 5.75 Å². The molecule has 0 N–H and O–H groups in total. The average Bonchev–Trinajstić information content (AvgIpc) is 2.86. The van der Waals surface area contributed by atoms with Gasteiger partial charge in [0.1, 0.15) is 11.9 Å². The Balaban J connectivity index is 2.09. The van der Waals surface area contributed by atoms with Crippen LogP contribution in [0.3, 0.4) is 0 Å². The molecule has 0 amide bonds. The molecule has 3 rings (SSSR count). The van der Waals surface area contributed by atoms with Crippen LogP contribution in [0, 0.1) is 12.3 Å². The summed E-state index contributed by atoms with van der Waals surface area (Å²) in [6.07, 6.45) is -1.43. The van der Waals surface area contributed by atoms with Gasteiger partial charge in [0.25, 0.3) is 10.0 Å². The van der Waals surface area contributed by atoms with Crippen molar-refractivity contribution in [3.63, 3.8) is 0 Å². The number of methoxy groups -OCH3 is 2. The average molecular weight is 581 g/mol. The number of ether oxygens (including phenoxy) is 3. The Morgan fingerprint density at radius 1 is 1.22 bits per heavy atom. The van der Waals surface area contributed by atoms with Crippen molar-refractivity contribution in [3.8, 4) is 5.75 Å². The van der Waals surface area contributed by atoms with Crippen LogP contribution in [0.4, 0.5) is 5.69 Å². The lowest BCUT2D eigenvalue weighted by atomic mass is 9.78. The maximum absolute atomic E-state index is 13.7. The van der Waals surface area contributed by atoms with Gasteiger partial charge in [-0.05, 0) is 54.8 Å². The lowest BCUT2D eigenvalue weighted by Gasteiger charge is -2.38. The summed E-state index contributed by atoms with van der Waals surface area (Å²) >= 11 is 3.37. The molecule has 0 bridgehead atoms. The molecule has 13 heteroatoms. The third-order valence-electron chi connectivity index (χ3n) is 5.86. The van der Waals surface area contributed by atoms with Crippen LogP contribution in [0.15, 0.2) is 56.9 Å². The molecular formula is C23H25BrN4O7S. The Kier molecular flexibility index (Phi) is 8.49. The highest BCUT2D eigenvalue weighted by Gasteiger charge is 2.51. The molecule has 0 saturated heterocycles. The van der Waals surface area contributed by atoms with E-state index >= 15 is 0 Å². The van der Waals surface area contributed by atoms with Crippen molar-refractivity contribution < 1.29 is 32.2 Å². The number of anilines is 1. The van der Waals surface area contributed by atoms with E-state index in [0.717, 1.165) is 19.8 Å². The van der Waals surface area contributed by atoms with Gasteiger partial charge in [-0.2, -0.15) is 0 Å². The Hall–Kier alpha value is -3.28. The van der Waals surface area contributed by atoms with Crippen LogP contribution in [0.2, 0.25) is 0 Å². The monoisotopic (exact) mass is 580 g/mol. The summed E-state index contributed by atoms with van der Waals surface area (Å²) < 4.78 is 45.2. The molecule has 1 aliphatic heterocycles. The van der Waals surface area contributed by atoms with E-state index in [1.807, 2.05) is 0 Å². The molecule has 2 aromatic rings. The summed E-state index contributed by atoms with van der Waals surface area (Å²) in [6, 6.07) is 11.4. The highest BCUT2D eigenvalue weighted by Crippen LogP contribution is 2.42. The maximum atomic E-state index is 13.7. The van der Waals surface area contributed by atoms with Gasteiger partial charge >= 0.3 is 11.9 Å². The van der Waals surface area contributed by atoms with Gasteiger partial charge in [-0.3, -0.25) is 13.9 Å². The molecule has 192 valence electrons. The van der Waals surface area contributed by atoms with Crippen LogP contribution in [0.25, 0.3) is 10.4 Å². The first-order valence-corrected chi connectivity index (χ1v) is 13.1. The van der Waals surface area contributed by atoms with E-state index in [1.54, 1.807) is 43.3 Å². The van der Waals surface area contributed by atoms with Crippen molar-refractivity contribution >= 4 is 43.6 Å². The van der Waals surface area contributed by atoms with Crippen molar-refractivity contribution in [2.75, 3.05) is 31.6 Å². The third-order valence-corrected chi connectivity index (χ3v) is 8.13. The van der Waals surface area contributed by atoms with Crippen molar-refractivity contribution in [2.24, 2.45) is 10.5 Å². The summed E-state index contributed by atoms with van der Waals surface area (Å²) in [6.45, 7) is 1.40. The molecule has 1 aliphatic rings. The second kappa shape index (κ2) is 11.2. The topological polar surface area (TPSA) is 148 Å². The minimum atomic E-state index is -4.04. The number of benzene rings is 2. The highest BCUT2D eigenvalue weighted by molar-refractivity contribution is 9.10. The van der Waals surface area contributed by atoms with Crippen LogP contribution in [-0.4, -0.2) is 53.8 Å². The van der Waals surface area contributed by atoms with Crippen molar-refractivity contribution in [2.45, 2.75) is 30.8 Å². The SMILES string of the molecule is COC(=O)C(CCN=[N+]=[N-])(C[C@H]1CN(S(=O)(=O)c2cccc(C)c2)c2cc(Br)ccc2O1)C(=O)OC. The Morgan fingerprint density at radius 2 is 1.92 bits per heavy atom. The number of rotatable bonds is 9. The molecule has 0 saturated carbocycles. The number of halogens is 1. The van der Waals surface area contributed by atoms with E-state index in [0.29, 0.717) is 10.2 Å². The first kappa shape index (κ1) is 27.3. The van der Waals surface area contributed by atoms with Gasteiger partial charge in [0.2, 0.25) is 0 Å². The summed E-state index contributed by atoms with van der Waals surface area (Å²) in [5, 5.41) is 3.44. The summed E-state index contributed by atoms with van der Waals surface area (Å²) in [7, 11) is -1.80. The van der Waals surface area contributed by atoms with Crippen molar-refractivity contribution in [3.05, 3.63) is 62.9 Å². The van der Waals surface area contributed by atoms with E-state index in [4.69, 9.17) is 19.7 Å². The molecule has 1 heterocycles. The molecule has 0 aromatic heterocycles. The fourth-order valence-electron chi connectivity index (χ4n) is 4.14. The zero-order chi connectivity index (χ0) is 26.5. The molecule has 0 radical (unpaired) electrons. The second-order valence-corrected chi connectivity index (χ2v) is 11.0.